The summed E-state index contributed by atoms with van der Waals surface area (Å²) in [5.74, 6) is 0.517. The molecule has 30 heavy (non-hydrogen) atoms. The molecule has 2 aromatic heterocycles. The van der Waals surface area contributed by atoms with Gasteiger partial charge in [-0.1, -0.05) is 24.3 Å². The van der Waals surface area contributed by atoms with Crippen LogP contribution in [-0.2, 0) is 9.84 Å². The fourth-order valence-corrected chi connectivity index (χ4v) is 6.36. The van der Waals surface area contributed by atoms with Crippen LogP contribution in [0.2, 0.25) is 0 Å². The Morgan fingerprint density at radius 2 is 1.83 bits per heavy atom. The lowest BCUT2D eigenvalue weighted by molar-refractivity contribution is 0.0792. The van der Waals surface area contributed by atoms with Gasteiger partial charge in [-0.15, -0.1) is 22.7 Å². The van der Waals surface area contributed by atoms with Gasteiger partial charge in [0, 0.05) is 34.6 Å². The smallest absolute Gasteiger partial charge is 0.263 e. The van der Waals surface area contributed by atoms with Gasteiger partial charge < -0.3 is 9.64 Å². The molecule has 0 unspecified atom stereocenters. The van der Waals surface area contributed by atoms with Crippen molar-refractivity contribution in [3.05, 3.63) is 59.5 Å². The zero-order chi connectivity index (χ0) is 21.3. The summed E-state index contributed by atoms with van der Waals surface area (Å²) in [6.07, 6.45) is 1.82. The van der Waals surface area contributed by atoms with Crippen LogP contribution in [-0.4, -0.2) is 45.7 Å². The van der Waals surface area contributed by atoms with E-state index in [0.29, 0.717) is 25.3 Å². The molecule has 0 saturated heterocycles. The van der Waals surface area contributed by atoms with Crippen molar-refractivity contribution in [3.8, 4) is 5.75 Å². The maximum absolute atomic E-state index is 12.8. The highest BCUT2D eigenvalue weighted by Crippen LogP contribution is 2.39. The maximum atomic E-state index is 12.8. The third-order valence-corrected chi connectivity index (χ3v) is 8.26. The van der Waals surface area contributed by atoms with E-state index in [2.05, 4.69) is 12.1 Å². The number of rotatable bonds is 7. The summed E-state index contributed by atoms with van der Waals surface area (Å²) >= 11 is 3.25. The molecule has 1 amide bonds. The minimum absolute atomic E-state index is 0.00607. The average molecular weight is 460 g/mol. The second-order valence-electron chi connectivity index (χ2n) is 7.08. The molecule has 4 aromatic rings. The van der Waals surface area contributed by atoms with E-state index >= 15 is 0 Å². The van der Waals surface area contributed by atoms with Gasteiger partial charge >= 0.3 is 0 Å². The van der Waals surface area contributed by atoms with E-state index in [4.69, 9.17) is 4.74 Å². The van der Waals surface area contributed by atoms with E-state index in [1.807, 2.05) is 18.2 Å². The van der Waals surface area contributed by atoms with Crippen LogP contribution < -0.4 is 4.74 Å². The molecule has 2 aromatic carbocycles. The lowest BCUT2D eigenvalue weighted by Crippen LogP contribution is -2.28. The van der Waals surface area contributed by atoms with Crippen molar-refractivity contribution in [1.29, 1.82) is 0 Å². The van der Waals surface area contributed by atoms with Gasteiger partial charge in [0.15, 0.2) is 9.84 Å². The summed E-state index contributed by atoms with van der Waals surface area (Å²) in [5.41, 5.74) is 0. The lowest BCUT2D eigenvalue weighted by Gasteiger charge is -2.16. The fraction of sp³-hybridized carbons (Fsp3) is 0.227. The Labute approximate surface area is 183 Å². The summed E-state index contributed by atoms with van der Waals surface area (Å²) < 4.78 is 32.5. The summed E-state index contributed by atoms with van der Waals surface area (Å²) in [5, 5.41) is 1.20. The number of ether oxygens (including phenoxy) is 1. The molecule has 0 bridgehead atoms. The van der Waals surface area contributed by atoms with Crippen molar-refractivity contribution in [2.75, 3.05) is 26.5 Å². The first-order valence-corrected chi connectivity index (χ1v) is 12.9. The van der Waals surface area contributed by atoms with Gasteiger partial charge in [-0.3, -0.25) is 4.79 Å². The van der Waals surface area contributed by atoms with E-state index in [1.54, 1.807) is 52.8 Å². The highest BCUT2D eigenvalue weighted by atomic mass is 32.2. The van der Waals surface area contributed by atoms with Crippen molar-refractivity contribution in [2.24, 2.45) is 0 Å². The quantitative estimate of drug-likeness (QED) is 0.362. The van der Waals surface area contributed by atoms with Crippen LogP contribution in [0.3, 0.4) is 0 Å². The second-order valence-corrected chi connectivity index (χ2v) is 11.2. The Morgan fingerprint density at radius 3 is 2.63 bits per heavy atom. The molecule has 2 heterocycles. The van der Waals surface area contributed by atoms with Crippen molar-refractivity contribution < 1.29 is 17.9 Å². The summed E-state index contributed by atoms with van der Waals surface area (Å²) in [6, 6.07) is 16.7. The number of carbonyl (C=O) groups is 1. The lowest BCUT2D eigenvalue weighted by atomic mass is 10.2. The van der Waals surface area contributed by atoms with Crippen LogP contribution in [0.15, 0.2) is 59.5 Å². The Balaban J connectivity index is 1.34. The third-order valence-electron chi connectivity index (χ3n) is 4.75. The van der Waals surface area contributed by atoms with Crippen LogP contribution >= 0.6 is 22.7 Å². The molecule has 0 aliphatic carbocycles. The molecule has 0 spiro atoms. The molecule has 0 N–H and O–H groups in total. The van der Waals surface area contributed by atoms with Crippen molar-refractivity contribution in [3.63, 3.8) is 0 Å². The number of hydrogen-bond donors (Lipinski definition) is 0. The van der Waals surface area contributed by atoms with E-state index in [0.717, 1.165) is 9.58 Å². The Hall–Kier alpha value is -2.42. The SMILES string of the molecule is CN(CCCOc1cccc(S(C)(=O)=O)c1)C(=O)c1cc2sc3ccccc3c2s1. The van der Waals surface area contributed by atoms with Gasteiger partial charge in [0.25, 0.3) is 5.91 Å². The molecule has 0 aliphatic heterocycles. The average Bonchev–Trinajstić information content (AvgIpc) is 3.28. The van der Waals surface area contributed by atoms with Crippen molar-refractivity contribution in [2.45, 2.75) is 11.3 Å². The summed E-state index contributed by atoms with van der Waals surface area (Å²) in [6.45, 7) is 0.950. The Bertz CT molecular complexity index is 1320. The molecule has 0 atom stereocenters. The highest BCUT2D eigenvalue weighted by Gasteiger charge is 2.17. The Morgan fingerprint density at radius 1 is 1.03 bits per heavy atom. The molecule has 0 aliphatic rings. The fourth-order valence-electron chi connectivity index (χ4n) is 3.18. The van der Waals surface area contributed by atoms with Crippen LogP contribution in [0.1, 0.15) is 16.1 Å². The number of amides is 1. The summed E-state index contributed by atoms with van der Waals surface area (Å²) in [4.78, 5) is 15.5. The largest absolute Gasteiger partial charge is 0.493 e. The first kappa shape index (κ1) is 20.8. The van der Waals surface area contributed by atoms with Gasteiger partial charge in [-0.2, -0.15) is 0 Å². The third kappa shape index (κ3) is 4.35. The minimum Gasteiger partial charge on any atom is -0.493 e. The zero-order valence-electron chi connectivity index (χ0n) is 16.6. The van der Waals surface area contributed by atoms with E-state index in [-0.39, 0.29) is 10.8 Å². The first-order chi connectivity index (χ1) is 14.3. The normalized spacial score (nSPS) is 11.8. The maximum Gasteiger partial charge on any atom is 0.263 e. The van der Waals surface area contributed by atoms with Gasteiger partial charge in [-0.05, 0) is 36.8 Å². The molecule has 0 fully saturated rings. The van der Waals surface area contributed by atoms with E-state index in [1.165, 1.54) is 27.1 Å². The van der Waals surface area contributed by atoms with Crippen LogP contribution in [0.4, 0.5) is 0 Å². The van der Waals surface area contributed by atoms with Gasteiger partial charge in [0.1, 0.15) is 5.75 Å². The van der Waals surface area contributed by atoms with Crippen LogP contribution in [0.25, 0.3) is 19.5 Å². The second kappa shape index (κ2) is 8.37. The predicted molar refractivity (Wildman–Crippen MR) is 124 cm³/mol. The molecule has 156 valence electrons. The monoisotopic (exact) mass is 459 g/mol. The number of thiophene rings is 2. The molecule has 8 heteroatoms. The topological polar surface area (TPSA) is 63.7 Å². The molecule has 0 radical (unpaired) electrons. The number of fused-ring (bicyclic) bond motifs is 3. The number of carbonyl (C=O) groups excluding carboxylic acids is 1. The number of benzene rings is 2. The van der Waals surface area contributed by atoms with Crippen molar-refractivity contribution >= 4 is 57.9 Å². The van der Waals surface area contributed by atoms with Crippen LogP contribution in [0, 0.1) is 0 Å². The predicted octanol–water partition coefficient (Wildman–Crippen LogP) is 5.06. The van der Waals surface area contributed by atoms with Crippen LogP contribution in [0.5, 0.6) is 5.75 Å². The highest BCUT2D eigenvalue weighted by molar-refractivity contribution is 7.90. The standard InChI is InChI=1S/C22H21NO4S3/c1-23(11-6-12-27-15-7-5-8-16(13-15)30(2,25)26)22(24)20-14-19-21(29-20)17-9-3-4-10-18(17)28-19/h3-5,7-10,13-14H,6,11-12H2,1-2H3. The van der Waals surface area contributed by atoms with Crippen molar-refractivity contribution in [1.82, 2.24) is 4.90 Å². The Kier molecular flexibility index (Phi) is 5.81. The molecular weight excluding hydrogens is 438 g/mol. The van der Waals surface area contributed by atoms with Gasteiger partial charge in [-0.25, -0.2) is 8.42 Å². The van der Waals surface area contributed by atoms with Gasteiger partial charge in [0.05, 0.1) is 21.1 Å². The molecule has 5 nitrogen and oxygen atoms in total. The van der Waals surface area contributed by atoms with E-state index < -0.39 is 9.84 Å². The number of nitrogens with zero attached hydrogens (tertiary/aromatic N) is 1. The first-order valence-electron chi connectivity index (χ1n) is 9.42. The number of hydrogen-bond acceptors (Lipinski definition) is 6. The molecular formula is C22H21NO4S3. The van der Waals surface area contributed by atoms with Gasteiger partial charge in [0.2, 0.25) is 0 Å². The minimum atomic E-state index is -3.26. The molecule has 4 rings (SSSR count). The van der Waals surface area contributed by atoms with E-state index in [9.17, 15) is 13.2 Å². The number of sulfone groups is 1. The molecule has 0 saturated carbocycles. The zero-order valence-corrected chi connectivity index (χ0v) is 19.1. The summed E-state index contributed by atoms with van der Waals surface area (Å²) in [7, 11) is -1.47.